The number of hydrogen-bond donors (Lipinski definition) is 0. The SMILES string of the molecule is Cc1ccc(S(=O)(=O)N(c2ccccc2)C2Cc3ccccc3C23C=CC(=O)C=C3)cc1. The zero-order valence-electron chi connectivity index (χ0n) is 17.7. The van der Waals surface area contributed by atoms with E-state index in [1.165, 1.54) is 0 Å². The van der Waals surface area contributed by atoms with E-state index in [2.05, 4.69) is 0 Å². The topological polar surface area (TPSA) is 54.5 Å². The summed E-state index contributed by atoms with van der Waals surface area (Å²) in [6.07, 6.45) is 7.38. The average Bonchev–Trinajstić information content (AvgIpc) is 3.10. The normalized spacial score (nSPS) is 18.7. The minimum Gasteiger partial charge on any atom is -0.290 e. The molecule has 1 unspecified atom stereocenters. The number of carbonyl (C=O) groups is 1. The molecule has 5 rings (SSSR count). The minimum absolute atomic E-state index is 0.0913. The molecule has 1 atom stereocenters. The molecule has 160 valence electrons. The maximum absolute atomic E-state index is 14.1. The molecule has 2 aliphatic rings. The number of benzene rings is 3. The molecule has 0 heterocycles. The summed E-state index contributed by atoms with van der Waals surface area (Å²) < 4.78 is 29.7. The summed E-state index contributed by atoms with van der Waals surface area (Å²) in [5, 5.41) is 0. The summed E-state index contributed by atoms with van der Waals surface area (Å²) in [7, 11) is -3.88. The molecule has 3 aromatic carbocycles. The van der Waals surface area contributed by atoms with Gasteiger partial charge in [0.05, 0.1) is 22.0 Å². The second-order valence-corrected chi connectivity index (χ2v) is 10.1. The second kappa shape index (κ2) is 7.61. The number of ketones is 1. The molecular weight excluding hydrogens is 418 g/mol. The maximum Gasteiger partial charge on any atom is 0.264 e. The van der Waals surface area contributed by atoms with Crippen molar-refractivity contribution in [2.24, 2.45) is 0 Å². The molecule has 2 aliphatic carbocycles. The summed E-state index contributed by atoms with van der Waals surface area (Å²) in [4.78, 5) is 12.3. The quantitative estimate of drug-likeness (QED) is 0.587. The van der Waals surface area contributed by atoms with Crippen LogP contribution in [0.3, 0.4) is 0 Å². The van der Waals surface area contributed by atoms with Crippen LogP contribution in [0.4, 0.5) is 5.69 Å². The van der Waals surface area contributed by atoms with Gasteiger partial charge >= 0.3 is 0 Å². The average molecular weight is 442 g/mol. The predicted octanol–water partition coefficient (Wildman–Crippen LogP) is 4.75. The van der Waals surface area contributed by atoms with E-state index in [4.69, 9.17) is 0 Å². The number of para-hydroxylation sites is 1. The Labute approximate surface area is 188 Å². The number of sulfonamides is 1. The molecule has 0 bridgehead atoms. The van der Waals surface area contributed by atoms with E-state index in [1.807, 2.05) is 85.8 Å². The third-order valence-corrected chi connectivity index (χ3v) is 8.22. The largest absolute Gasteiger partial charge is 0.290 e. The predicted molar refractivity (Wildman–Crippen MR) is 126 cm³/mol. The van der Waals surface area contributed by atoms with Crippen molar-refractivity contribution in [2.75, 3.05) is 4.31 Å². The Balaban J connectivity index is 1.74. The molecule has 32 heavy (non-hydrogen) atoms. The number of allylic oxidation sites excluding steroid dienone is 2. The van der Waals surface area contributed by atoms with Crippen LogP contribution in [0.25, 0.3) is 0 Å². The van der Waals surface area contributed by atoms with Gasteiger partial charge in [-0.2, -0.15) is 0 Å². The first-order valence-corrected chi connectivity index (χ1v) is 12.0. The fraction of sp³-hybridized carbons (Fsp3) is 0.148. The molecule has 0 N–H and O–H groups in total. The summed E-state index contributed by atoms with van der Waals surface area (Å²) in [5.74, 6) is -0.0913. The molecule has 0 amide bonds. The van der Waals surface area contributed by atoms with Crippen LogP contribution in [0, 0.1) is 6.92 Å². The van der Waals surface area contributed by atoms with Gasteiger partial charge in [-0.15, -0.1) is 0 Å². The second-order valence-electron chi connectivity index (χ2n) is 8.33. The van der Waals surface area contributed by atoms with Gasteiger partial charge in [0, 0.05) is 0 Å². The lowest BCUT2D eigenvalue weighted by molar-refractivity contribution is -0.110. The van der Waals surface area contributed by atoms with E-state index < -0.39 is 21.5 Å². The van der Waals surface area contributed by atoms with E-state index in [1.54, 1.807) is 28.6 Å². The van der Waals surface area contributed by atoms with Gasteiger partial charge in [-0.25, -0.2) is 8.42 Å². The maximum atomic E-state index is 14.1. The number of anilines is 1. The van der Waals surface area contributed by atoms with Crippen LogP contribution in [-0.2, 0) is 26.7 Å². The minimum atomic E-state index is -3.88. The van der Waals surface area contributed by atoms with Gasteiger partial charge in [0.1, 0.15) is 0 Å². The highest BCUT2D eigenvalue weighted by Crippen LogP contribution is 2.47. The standard InChI is InChI=1S/C27H23NO3S/c1-20-11-13-24(14-12-20)32(30,31)28(22-8-3-2-4-9-22)26-19-21-7-5-6-10-25(21)27(26)17-15-23(29)16-18-27/h2-18,26H,19H2,1H3. The third kappa shape index (κ3) is 3.21. The Hall–Kier alpha value is -3.44. The van der Waals surface area contributed by atoms with Crippen molar-refractivity contribution in [2.45, 2.75) is 29.7 Å². The smallest absolute Gasteiger partial charge is 0.264 e. The first kappa shape index (κ1) is 20.5. The summed E-state index contributed by atoms with van der Waals surface area (Å²) >= 11 is 0. The summed E-state index contributed by atoms with van der Waals surface area (Å²) in [6, 6.07) is 23.7. The van der Waals surface area contributed by atoms with Crippen molar-refractivity contribution in [3.05, 3.63) is 120 Å². The van der Waals surface area contributed by atoms with Crippen LogP contribution in [-0.4, -0.2) is 20.2 Å². The van der Waals surface area contributed by atoms with Gasteiger partial charge < -0.3 is 0 Å². The fourth-order valence-electron chi connectivity index (χ4n) is 4.79. The Morgan fingerprint density at radius 2 is 1.47 bits per heavy atom. The molecule has 1 spiro atoms. The highest BCUT2D eigenvalue weighted by atomic mass is 32.2. The van der Waals surface area contributed by atoms with Crippen molar-refractivity contribution >= 4 is 21.5 Å². The molecule has 0 saturated heterocycles. The van der Waals surface area contributed by atoms with Crippen LogP contribution < -0.4 is 4.31 Å². The van der Waals surface area contributed by atoms with Crippen molar-refractivity contribution < 1.29 is 13.2 Å². The van der Waals surface area contributed by atoms with E-state index >= 15 is 0 Å². The van der Waals surface area contributed by atoms with Crippen LogP contribution in [0.2, 0.25) is 0 Å². The van der Waals surface area contributed by atoms with E-state index in [0.717, 1.165) is 16.7 Å². The van der Waals surface area contributed by atoms with E-state index in [-0.39, 0.29) is 10.7 Å². The lowest BCUT2D eigenvalue weighted by atomic mass is 9.75. The molecule has 3 aromatic rings. The van der Waals surface area contributed by atoms with Crippen LogP contribution >= 0.6 is 0 Å². The van der Waals surface area contributed by atoms with Gasteiger partial charge in [-0.3, -0.25) is 9.10 Å². The van der Waals surface area contributed by atoms with Crippen molar-refractivity contribution in [1.29, 1.82) is 0 Å². The van der Waals surface area contributed by atoms with Gasteiger partial charge in [0.2, 0.25) is 0 Å². The zero-order chi connectivity index (χ0) is 22.3. The van der Waals surface area contributed by atoms with Gasteiger partial charge in [-0.1, -0.05) is 72.3 Å². The van der Waals surface area contributed by atoms with E-state index in [9.17, 15) is 13.2 Å². The third-order valence-electron chi connectivity index (χ3n) is 6.37. The van der Waals surface area contributed by atoms with Crippen molar-refractivity contribution in [3.63, 3.8) is 0 Å². The molecule has 0 aliphatic heterocycles. The number of rotatable bonds is 4. The van der Waals surface area contributed by atoms with Crippen LogP contribution in [0.5, 0.6) is 0 Å². The molecule has 0 radical (unpaired) electrons. The van der Waals surface area contributed by atoms with Gasteiger partial charge in [0.25, 0.3) is 10.0 Å². The van der Waals surface area contributed by atoms with Crippen molar-refractivity contribution in [1.82, 2.24) is 0 Å². The number of nitrogens with zero attached hydrogens (tertiary/aromatic N) is 1. The monoisotopic (exact) mass is 441 g/mol. The first-order chi connectivity index (χ1) is 15.4. The lowest BCUT2D eigenvalue weighted by Crippen LogP contribution is -2.50. The Morgan fingerprint density at radius 1 is 0.844 bits per heavy atom. The molecule has 0 saturated carbocycles. The van der Waals surface area contributed by atoms with Gasteiger partial charge in [-0.05, 0) is 60.9 Å². The lowest BCUT2D eigenvalue weighted by Gasteiger charge is -2.40. The van der Waals surface area contributed by atoms with Crippen LogP contribution in [0.1, 0.15) is 16.7 Å². The highest BCUT2D eigenvalue weighted by Gasteiger charge is 2.50. The number of carbonyl (C=O) groups excluding carboxylic acids is 1. The zero-order valence-corrected chi connectivity index (χ0v) is 18.5. The van der Waals surface area contributed by atoms with E-state index in [0.29, 0.717) is 12.1 Å². The number of fused-ring (bicyclic) bond motifs is 2. The summed E-state index contributed by atoms with van der Waals surface area (Å²) in [5.41, 5.74) is 2.99. The molecule has 0 aromatic heterocycles. The molecule has 5 heteroatoms. The van der Waals surface area contributed by atoms with Crippen LogP contribution in [0.15, 0.2) is 108 Å². The molecule has 0 fully saturated rings. The Kier molecular flexibility index (Phi) is 4.86. The fourth-order valence-corrected chi connectivity index (χ4v) is 6.48. The molecular formula is C27H23NO3S. The highest BCUT2D eigenvalue weighted by molar-refractivity contribution is 7.92. The Bertz CT molecular complexity index is 1320. The number of hydrogen-bond acceptors (Lipinski definition) is 3. The number of aryl methyl sites for hydroxylation is 1. The molecule has 4 nitrogen and oxygen atoms in total. The Morgan fingerprint density at radius 3 is 2.16 bits per heavy atom. The first-order valence-electron chi connectivity index (χ1n) is 10.6. The summed E-state index contributed by atoms with van der Waals surface area (Å²) in [6.45, 7) is 1.93. The van der Waals surface area contributed by atoms with Crippen molar-refractivity contribution in [3.8, 4) is 0 Å². The van der Waals surface area contributed by atoms with Gasteiger partial charge in [0.15, 0.2) is 5.78 Å².